The summed E-state index contributed by atoms with van der Waals surface area (Å²) in [6.07, 6.45) is 1.35. The lowest BCUT2D eigenvalue weighted by atomic mass is 10.2. The van der Waals surface area contributed by atoms with E-state index in [2.05, 4.69) is 5.32 Å². The first kappa shape index (κ1) is 19.5. The van der Waals surface area contributed by atoms with Gasteiger partial charge in [-0.05, 0) is 30.7 Å². The highest BCUT2D eigenvalue weighted by atomic mass is 32.1. The van der Waals surface area contributed by atoms with Gasteiger partial charge in [0.2, 0.25) is 5.91 Å². The molecule has 3 rings (SSSR count). The second kappa shape index (κ2) is 8.61. The second-order valence-electron chi connectivity index (χ2n) is 6.09. The van der Waals surface area contributed by atoms with Crippen LogP contribution in [0, 0.1) is 10.1 Å². The number of hydrogen-bond donors (Lipinski definition) is 1. The topological polar surface area (TPSA) is 119 Å². The van der Waals surface area contributed by atoms with Gasteiger partial charge in [0.05, 0.1) is 4.92 Å². The van der Waals surface area contributed by atoms with Gasteiger partial charge in [0.1, 0.15) is 13.2 Å². The van der Waals surface area contributed by atoms with E-state index in [0.717, 1.165) is 23.4 Å². The van der Waals surface area contributed by atoms with Gasteiger partial charge in [0.25, 0.3) is 5.91 Å². The average Bonchev–Trinajstić information content (AvgIpc) is 3.33. The molecule has 0 radical (unpaired) electrons. The largest absolute Gasteiger partial charge is 0.459 e. The fraction of sp³-hybridized carbons (Fsp3) is 0.278. The number of ether oxygens (including phenoxy) is 1. The third kappa shape index (κ3) is 4.71. The molecule has 0 atom stereocenters. The predicted molar refractivity (Wildman–Crippen MR) is 101 cm³/mol. The Morgan fingerprint density at radius 2 is 2.04 bits per heavy atom. The average molecular weight is 403 g/mol. The minimum Gasteiger partial charge on any atom is -0.459 e. The first-order chi connectivity index (χ1) is 13.4. The van der Waals surface area contributed by atoms with Gasteiger partial charge in [0, 0.05) is 41.2 Å². The Labute approximate surface area is 164 Å². The molecule has 1 saturated heterocycles. The summed E-state index contributed by atoms with van der Waals surface area (Å²) in [6.45, 7) is 0.249. The van der Waals surface area contributed by atoms with E-state index in [0.29, 0.717) is 24.1 Å². The Hall–Kier alpha value is -3.27. The monoisotopic (exact) mass is 403 g/mol. The first-order valence-electron chi connectivity index (χ1n) is 8.50. The van der Waals surface area contributed by atoms with Crippen molar-refractivity contribution in [2.24, 2.45) is 0 Å². The van der Waals surface area contributed by atoms with Crippen LogP contribution in [0.25, 0.3) is 0 Å². The molecule has 9 nitrogen and oxygen atoms in total. The van der Waals surface area contributed by atoms with E-state index in [1.807, 2.05) is 0 Å². The predicted octanol–water partition coefficient (Wildman–Crippen LogP) is 2.26. The fourth-order valence-electron chi connectivity index (χ4n) is 2.72. The van der Waals surface area contributed by atoms with Gasteiger partial charge in [-0.25, -0.2) is 0 Å². The Morgan fingerprint density at radius 1 is 1.29 bits per heavy atom. The van der Waals surface area contributed by atoms with Crippen LogP contribution in [0.2, 0.25) is 0 Å². The smallest absolute Gasteiger partial charge is 0.325 e. The molecule has 0 aliphatic carbocycles. The van der Waals surface area contributed by atoms with Crippen LogP contribution >= 0.6 is 11.3 Å². The minimum atomic E-state index is -0.651. The van der Waals surface area contributed by atoms with Crippen molar-refractivity contribution in [2.75, 3.05) is 18.0 Å². The van der Waals surface area contributed by atoms with Crippen molar-refractivity contribution in [1.82, 2.24) is 5.32 Å². The van der Waals surface area contributed by atoms with Crippen molar-refractivity contribution < 1.29 is 24.0 Å². The Kier molecular flexibility index (Phi) is 5.99. The summed E-state index contributed by atoms with van der Waals surface area (Å²) < 4.78 is 4.99. The van der Waals surface area contributed by atoms with Crippen molar-refractivity contribution >= 4 is 39.8 Å². The fourth-order valence-corrected chi connectivity index (χ4v) is 3.43. The summed E-state index contributed by atoms with van der Waals surface area (Å²) in [5.41, 5.74) is 1.61. The van der Waals surface area contributed by atoms with Crippen LogP contribution in [0.15, 0.2) is 35.7 Å². The summed E-state index contributed by atoms with van der Waals surface area (Å²) in [5.74, 6) is -1.03. The number of nitro groups is 1. The van der Waals surface area contributed by atoms with Crippen LogP contribution in [-0.2, 0) is 20.9 Å². The van der Waals surface area contributed by atoms with Gasteiger partial charge in [-0.2, -0.15) is 0 Å². The Balaban J connectivity index is 1.45. The number of nitrogens with zero attached hydrogens (tertiary/aromatic N) is 2. The van der Waals surface area contributed by atoms with E-state index in [-0.39, 0.29) is 24.1 Å². The van der Waals surface area contributed by atoms with Gasteiger partial charge >= 0.3 is 11.0 Å². The van der Waals surface area contributed by atoms with Crippen LogP contribution < -0.4 is 10.2 Å². The van der Waals surface area contributed by atoms with Crippen LogP contribution in [-0.4, -0.2) is 35.8 Å². The van der Waals surface area contributed by atoms with Crippen LogP contribution in [0.1, 0.15) is 28.8 Å². The quantitative estimate of drug-likeness (QED) is 0.430. The molecule has 28 heavy (non-hydrogen) atoms. The molecule has 1 aliphatic heterocycles. The number of amides is 2. The molecule has 146 valence electrons. The summed E-state index contributed by atoms with van der Waals surface area (Å²) in [6, 6.07) is 7.90. The maximum atomic E-state index is 12.1. The standard InChI is InChI=1S/C18H17N3O6S/c22-15-2-1-7-20(15)14-5-3-13(4-6-14)18(24)19-9-17(23)27-10-12-8-16(21(25)26)28-11-12/h3-6,8,11H,1-2,7,9-10H2,(H,19,24). The van der Waals surface area contributed by atoms with Crippen molar-refractivity contribution in [2.45, 2.75) is 19.4 Å². The zero-order valence-corrected chi connectivity index (χ0v) is 15.6. The number of thiophene rings is 1. The summed E-state index contributed by atoms with van der Waals surface area (Å²) >= 11 is 0.950. The van der Waals surface area contributed by atoms with Gasteiger partial charge in [-0.3, -0.25) is 24.5 Å². The highest BCUT2D eigenvalue weighted by molar-refractivity contribution is 7.13. The SMILES string of the molecule is O=C(CNC(=O)c1ccc(N2CCCC2=O)cc1)OCc1csc([N+](=O)[O-])c1. The number of benzene rings is 1. The molecular weight excluding hydrogens is 386 g/mol. The maximum Gasteiger partial charge on any atom is 0.325 e. The third-order valence-corrected chi connectivity index (χ3v) is 5.06. The number of esters is 1. The Morgan fingerprint density at radius 3 is 2.64 bits per heavy atom. The lowest BCUT2D eigenvalue weighted by Crippen LogP contribution is -2.30. The van der Waals surface area contributed by atoms with Crippen molar-refractivity contribution in [3.05, 3.63) is 57.0 Å². The van der Waals surface area contributed by atoms with Crippen LogP contribution in [0.4, 0.5) is 10.7 Å². The third-order valence-electron chi connectivity index (χ3n) is 4.13. The van der Waals surface area contributed by atoms with Gasteiger partial charge in [0.15, 0.2) is 0 Å². The second-order valence-corrected chi connectivity index (χ2v) is 6.98. The number of hydrogen-bond acceptors (Lipinski definition) is 7. The van der Waals surface area contributed by atoms with Crippen molar-refractivity contribution in [1.29, 1.82) is 0 Å². The molecule has 2 heterocycles. The summed E-state index contributed by atoms with van der Waals surface area (Å²) in [5, 5.41) is 14.6. The molecule has 0 unspecified atom stereocenters. The molecule has 1 aliphatic rings. The molecule has 2 aromatic rings. The lowest BCUT2D eigenvalue weighted by Gasteiger charge is -2.15. The number of anilines is 1. The lowest BCUT2D eigenvalue weighted by molar-refractivity contribution is -0.380. The van der Waals surface area contributed by atoms with Crippen molar-refractivity contribution in [3.63, 3.8) is 0 Å². The van der Waals surface area contributed by atoms with E-state index in [9.17, 15) is 24.5 Å². The van der Waals surface area contributed by atoms with Crippen LogP contribution in [0.5, 0.6) is 0 Å². The van der Waals surface area contributed by atoms with Gasteiger partial charge < -0.3 is 15.0 Å². The molecule has 0 spiro atoms. The number of nitrogens with one attached hydrogen (secondary N) is 1. The molecule has 1 N–H and O–H groups in total. The summed E-state index contributed by atoms with van der Waals surface area (Å²) in [4.78, 5) is 47.4. The zero-order chi connectivity index (χ0) is 20.1. The van der Waals surface area contributed by atoms with E-state index in [4.69, 9.17) is 4.74 Å². The summed E-state index contributed by atoms with van der Waals surface area (Å²) in [7, 11) is 0. The molecule has 10 heteroatoms. The Bertz CT molecular complexity index is 908. The highest BCUT2D eigenvalue weighted by Crippen LogP contribution is 2.23. The van der Waals surface area contributed by atoms with E-state index in [1.54, 1.807) is 29.2 Å². The van der Waals surface area contributed by atoms with E-state index in [1.165, 1.54) is 11.4 Å². The van der Waals surface area contributed by atoms with E-state index >= 15 is 0 Å². The molecule has 1 fully saturated rings. The van der Waals surface area contributed by atoms with Crippen molar-refractivity contribution in [3.8, 4) is 0 Å². The molecule has 1 aromatic heterocycles. The number of carbonyl (C=O) groups is 3. The van der Waals surface area contributed by atoms with Gasteiger partial charge in [-0.15, -0.1) is 0 Å². The first-order valence-corrected chi connectivity index (χ1v) is 9.38. The zero-order valence-electron chi connectivity index (χ0n) is 14.8. The molecule has 2 amide bonds. The molecule has 1 aromatic carbocycles. The van der Waals surface area contributed by atoms with Crippen LogP contribution in [0.3, 0.4) is 0 Å². The molecule has 0 bridgehead atoms. The highest BCUT2D eigenvalue weighted by Gasteiger charge is 2.21. The van der Waals surface area contributed by atoms with Gasteiger partial charge in [-0.1, -0.05) is 11.3 Å². The molecule has 0 saturated carbocycles. The number of carbonyl (C=O) groups excluding carboxylic acids is 3. The normalized spacial score (nSPS) is 13.4. The number of rotatable bonds is 7. The molecular formula is C18H17N3O6S. The van der Waals surface area contributed by atoms with E-state index < -0.39 is 16.8 Å². The maximum absolute atomic E-state index is 12.1. The minimum absolute atomic E-state index is 0.0292.